The van der Waals surface area contributed by atoms with Crippen LogP contribution in [0.4, 0.5) is 27.5 Å². The number of rotatable bonds is 6. The van der Waals surface area contributed by atoms with E-state index >= 15 is 0 Å². The first kappa shape index (κ1) is 20.5. The third kappa shape index (κ3) is 5.45. The molecule has 1 aliphatic heterocycles. The number of anilines is 4. The van der Waals surface area contributed by atoms with Crippen LogP contribution in [0, 0.1) is 12.7 Å². The summed E-state index contributed by atoms with van der Waals surface area (Å²) in [7, 11) is 0. The van der Waals surface area contributed by atoms with Gasteiger partial charge in [0.1, 0.15) is 11.6 Å². The summed E-state index contributed by atoms with van der Waals surface area (Å²) < 4.78 is 13.6. The molecule has 31 heavy (non-hydrogen) atoms. The summed E-state index contributed by atoms with van der Waals surface area (Å²) in [6.07, 6.45) is 5.11. The van der Waals surface area contributed by atoms with Crippen LogP contribution in [-0.2, 0) is 4.79 Å². The minimum Gasteiger partial charge on any atom is -0.341 e. The Balaban J connectivity index is 1.38. The fourth-order valence-electron chi connectivity index (χ4n) is 3.42. The van der Waals surface area contributed by atoms with Crippen LogP contribution in [0.5, 0.6) is 0 Å². The van der Waals surface area contributed by atoms with Gasteiger partial charge in [0.05, 0.1) is 0 Å². The van der Waals surface area contributed by atoms with Gasteiger partial charge in [-0.2, -0.15) is 4.98 Å². The van der Waals surface area contributed by atoms with Crippen molar-refractivity contribution in [3.63, 3.8) is 0 Å². The molecule has 4 rings (SSSR count). The van der Waals surface area contributed by atoms with Gasteiger partial charge in [0.25, 0.3) is 0 Å². The van der Waals surface area contributed by atoms with Crippen molar-refractivity contribution >= 4 is 35.1 Å². The molecule has 158 valence electrons. The van der Waals surface area contributed by atoms with Crippen LogP contribution in [0.3, 0.4) is 0 Å². The first-order chi connectivity index (χ1) is 15.1. The van der Waals surface area contributed by atoms with Gasteiger partial charge in [-0.1, -0.05) is 18.2 Å². The number of aromatic nitrogens is 2. The molecule has 0 saturated carbocycles. The highest BCUT2D eigenvalue weighted by atomic mass is 19.1. The number of nitrogens with zero attached hydrogens (tertiary/aromatic N) is 3. The van der Waals surface area contributed by atoms with E-state index in [4.69, 9.17) is 0 Å². The first-order valence-corrected chi connectivity index (χ1v) is 10.3. The molecule has 0 atom stereocenters. The molecule has 6 nitrogen and oxygen atoms in total. The maximum atomic E-state index is 13.6. The topological polar surface area (TPSA) is 70.2 Å². The fraction of sp³-hybridized carbons (Fsp3) is 0.208. The Bertz CT molecular complexity index is 1090. The number of benzene rings is 2. The molecule has 1 fully saturated rings. The van der Waals surface area contributed by atoms with E-state index in [1.807, 2.05) is 25.1 Å². The molecule has 7 heteroatoms. The predicted octanol–water partition coefficient (Wildman–Crippen LogP) is 4.92. The summed E-state index contributed by atoms with van der Waals surface area (Å²) in [5.74, 6) is 0.796. The Hall–Kier alpha value is -3.74. The molecule has 1 saturated heterocycles. The number of carbonyl (C=O) groups excluding carboxylic acids is 1. The monoisotopic (exact) mass is 417 g/mol. The highest BCUT2D eigenvalue weighted by Gasteiger charge is 2.16. The lowest BCUT2D eigenvalue weighted by atomic mass is 10.2. The fourth-order valence-corrected chi connectivity index (χ4v) is 3.42. The second-order valence-corrected chi connectivity index (χ2v) is 7.44. The summed E-state index contributed by atoms with van der Waals surface area (Å²) in [4.78, 5) is 23.5. The van der Waals surface area contributed by atoms with Crippen molar-refractivity contribution in [2.75, 3.05) is 28.6 Å². The maximum absolute atomic E-state index is 13.6. The Kier molecular flexibility index (Phi) is 6.21. The zero-order valence-corrected chi connectivity index (χ0v) is 17.3. The third-order valence-corrected chi connectivity index (χ3v) is 4.98. The van der Waals surface area contributed by atoms with Gasteiger partial charge in [-0.15, -0.1) is 0 Å². The van der Waals surface area contributed by atoms with Crippen molar-refractivity contribution in [1.82, 2.24) is 9.97 Å². The normalized spacial score (nSPS) is 13.5. The van der Waals surface area contributed by atoms with Crippen molar-refractivity contribution < 1.29 is 9.18 Å². The SMILES string of the molecule is Cc1cc(Nc2ccc(NC(=O)/C=C/c3ccccc3F)cc2)nc(N2CCCC2)n1. The number of amides is 1. The summed E-state index contributed by atoms with van der Waals surface area (Å²) in [6.45, 7) is 3.94. The molecule has 1 aromatic heterocycles. The van der Waals surface area contributed by atoms with E-state index in [0.717, 1.165) is 36.2 Å². The molecule has 0 unspecified atom stereocenters. The maximum Gasteiger partial charge on any atom is 0.248 e. The predicted molar refractivity (Wildman–Crippen MR) is 122 cm³/mol. The summed E-state index contributed by atoms with van der Waals surface area (Å²) >= 11 is 0. The Labute approximate surface area is 180 Å². The molecule has 2 heterocycles. The van der Waals surface area contributed by atoms with E-state index in [2.05, 4.69) is 25.5 Å². The van der Waals surface area contributed by atoms with Crippen LogP contribution in [-0.4, -0.2) is 29.0 Å². The molecular formula is C24H24FN5O. The van der Waals surface area contributed by atoms with E-state index in [1.165, 1.54) is 31.1 Å². The molecular weight excluding hydrogens is 393 g/mol. The lowest BCUT2D eigenvalue weighted by Crippen LogP contribution is -2.21. The lowest BCUT2D eigenvalue weighted by molar-refractivity contribution is -0.111. The van der Waals surface area contributed by atoms with Crippen molar-refractivity contribution in [3.8, 4) is 0 Å². The van der Waals surface area contributed by atoms with E-state index < -0.39 is 0 Å². The van der Waals surface area contributed by atoms with Crippen molar-refractivity contribution in [1.29, 1.82) is 0 Å². The molecule has 3 aromatic rings. The van der Waals surface area contributed by atoms with Gasteiger partial charge in [-0.05, 0) is 56.2 Å². The molecule has 1 aliphatic rings. The summed E-state index contributed by atoms with van der Waals surface area (Å²) in [5.41, 5.74) is 2.77. The number of carbonyl (C=O) groups is 1. The molecule has 1 amide bonds. The van der Waals surface area contributed by atoms with Gasteiger partial charge in [0.15, 0.2) is 0 Å². The zero-order chi connectivity index (χ0) is 21.6. The van der Waals surface area contributed by atoms with Crippen LogP contribution in [0.2, 0.25) is 0 Å². The van der Waals surface area contributed by atoms with Gasteiger partial charge in [-0.3, -0.25) is 4.79 Å². The summed E-state index contributed by atoms with van der Waals surface area (Å²) in [5, 5.41) is 6.07. The molecule has 0 bridgehead atoms. The molecule has 0 aliphatic carbocycles. The molecule has 0 radical (unpaired) electrons. The van der Waals surface area contributed by atoms with Crippen LogP contribution in [0.1, 0.15) is 24.1 Å². The highest BCUT2D eigenvalue weighted by molar-refractivity contribution is 6.02. The number of hydrogen-bond acceptors (Lipinski definition) is 5. The average Bonchev–Trinajstić information content (AvgIpc) is 3.29. The number of hydrogen-bond donors (Lipinski definition) is 2. The number of nitrogens with one attached hydrogen (secondary N) is 2. The van der Waals surface area contributed by atoms with Gasteiger partial charge in [0, 0.05) is 47.9 Å². The lowest BCUT2D eigenvalue weighted by Gasteiger charge is -2.17. The zero-order valence-electron chi connectivity index (χ0n) is 17.3. The molecule has 2 N–H and O–H groups in total. The van der Waals surface area contributed by atoms with Crippen LogP contribution >= 0.6 is 0 Å². The Morgan fingerprint density at radius 2 is 1.74 bits per heavy atom. The van der Waals surface area contributed by atoms with Gasteiger partial charge in [-0.25, -0.2) is 9.37 Å². The largest absolute Gasteiger partial charge is 0.341 e. The average molecular weight is 417 g/mol. The van der Waals surface area contributed by atoms with E-state index in [9.17, 15) is 9.18 Å². The third-order valence-electron chi connectivity index (χ3n) is 4.98. The first-order valence-electron chi connectivity index (χ1n) is 10.3. The molecule has 2 aromatic carbocycles. The van der Waals surface area contributed by atoms with E-state index in [1.54, 1.807) is 30.3 Å². The van der Waals surface area contributed by atoms with Crippen LogP contribution in [0.25, 0.3) is 6.08 Å². The standard InChI is InChI=1S/C24H24FN5O/c1-17-16-22(29-24(26-17)30-14-4-5-15-30)27-19-9-11-20(12-10-19)28-23(31)13-8-18-6-2-3-7-21(18)25/h2-3,6-13,16H,4-5,14-15H2,1H3,(H,28,31)(H,26,27,29)/b13-8+. The highest BCUT2D eigenvalue weighted by Crippen LogP contribution is 2.22. The minimum absolute atomic E-state index is 0.328. The van der Waals surface area contributed by atoms with Gasteiger partial charge >= 0.3 is 0 Å². The van der Waals surface area contributed by atoms with Crippen LogP contribution in [0.15, 0.2) is 60.7 Å². The summed E-state index contributed by atoms with van der Waals surface area (Å²) in [6, 6.07) is 15.5. The van der Waals surface area contributed by atoms with Gasteiger partial charge in [0.2, 0.25) is 11.9 Å². The smallest absolute Gasteiger partial charge is 0.248 e. The van der Waals surface area contributed by atoms with Crippen molar-refractivity contribution in [2.45, 2.75) is 19.8 Å². The minimum atomic E-state index is -0.366. The second-order valence-electron chi connectivity index (χ2n) is 7.44. The molecule has 0 spiro atoms. The quantitative estimate of drug-likeness (QED) is 0.557. The number of halogens is 1. The second kappa shape index (κ2) is 9.38. The Morgan fingerprint density at radius 1 is 1.03 bits per heavy atom. The van der Waals surface area contributed by atoms with Gasteiger partial charge < -0.3 is 15.5 Å². The van der Waals surface area contributed by atoms with E-state index in [0.29, 0.717) is 11.3 Å². The van der Waals surface area contributed by atoms with Crippen molar-refractivity contribution in [3.05, 3.63) is 77.7 Å². The Morgan fingerprint density at radius 3 is 2.48 bits per heavy atom. The van der Waals surface area contributed by atoms with E-state index in [-0.39, 0.29) is 11.7 Å². The van der Waals surface area contributed by atoms with Crippen LogP contribution < -0.4 is 15.5 Å². The number of aryl methyl sites for hydroxylation is 1. The van der Waals surface area contributed by atoms with Crippen molar-refractivity contribution in [2.24, 2.45) is 0 Å².